The molecule has 0 radical (unpaired) electrons. The van der Waals surface area contributed by atoms with Gasteiger partial charge in [-0.2, -0.15) is 0 Å². The summed E-state index contributed by atoms with van der Waals surface area (Å²) in [7, 11) is 1.93. The molecule has 7 nitrogen and oxygen atoms in total. The minimum absolute atomic E-state index is 0.0919. The Balaban J connectivity index is 2.11. The van der Waals surface area contributed by atoms with E-state index in [0.29, 0.717) is 16.6 Å². The number of aryl methyl sites for hydroxylation is 2. The molecule has 0 spiro atoms. The zero-order valence-electron chi connectivity index (χ0n) is 15.4. The van der Waals surface area contributed by atoms with Crippen LogP contribution in [0.4, 0.5) is 0 Å². The van der Waals surface area contributed by atoms with Gasteiger partial charge in [-0.15, -0.1) is 0 Å². The number of benzene rings is 2. The first-order valence-corrected chi connectivity index (χ1v) is 8.41. The van der Waals surface area contributed by atoms with Crippen LogP contribution in [-0.4, -0.2) is 26.5 Å². The van der Waals surface area contributed by atoms with E-state index < -0.39 is 11.9 Å². The Bertz CT molecular complexity index is 1260. The molecule has 0 saturated carbocycles. The van der Waals surface area contributed by atoms with Crippen LogP contribution < -0.4 is 9.47 Å². The van der Waals surface area contributed by atoms with Gasteiger partial charge >= 0.3 is 11.9 Å². The summed E-state index contributed by atoms with van der Waals surface area (Å²) in [6, 6.07) is 9.34. The van der Waals surface area contributed by atoms with Gasteiger partial charge < -0.3 is 14.0 Å². The summed E-state index contributed by atoms with van der Waals surface area (Å²) in [5, 5.41) is 0.952. The second-order valence-electron chi connectivity index (χ2n) is 6.42. The van der Waals surface area contributed by atoms with Crippen LogP contribution in [0.5, 0.6) is 11.5 Å². The van der Waals surface area contributed by atoms with Crippen LogP contribution >= 0.6 is 0 Å². The van der Waals surface area contributed by atoms with Gasteiger partial charge in [-0.05, 0) is 31.2 Å². The lowest BCUT2D eigenvalue weighted by Crippen LogP contribution is -2.08. The average Bonchev–Trinajstić information content (AvgIpc) is 2.86. The maximum atomic E-state index is 11.6. The van der Waals surface area contributed by atoms with Crippen LogP contribution in [0.25, 0.3) is 33.1 Å². The number of rotatable bonds is 2. The van der Waals surface area contributed by atoms with Crippen LogP contribution in [0.15, 0.2) is 30.3 Å². The molecule has 7 heteroatoms. The maximum Gasteiger partial charge on any atom is 0.308 e. The summed E-state index contributed by atoms with van der Waals surface area (Å²) in [6.07, 6.45) is 0. The third kappa shape index (κ3) is 2.77. The van der Waals surface area contributed by atoms with E-state index in [4.69, 9.17) is 19.4 Å². The van der Waals surface area contributed by atoms with E-state index in [1.807, 2.05) is 36.7 Å². The van der Waals surface area contributed by atoms with Crippen molar-refractivity contribution < 1.29 is 19.1 Å². The highest BCUT2D eigenvalue weighted by atomic mass is 16.6. The van der Waals surface area contributed by atoms with Gasteiger partial charge in [0, 0.05) is 26.3 Å². The second-order valence-corrected chi connectivity index (χ2v) is 6.42. The first-order valence-electron chi connectivity index (χ1n) is 8.41. The van der Waals surface area contributed by atoms with Crippen molar-refractivity contribution in [3.8, 4) is 11.5 Å². The number of ether oxygens (including phenoxy) is 2. The number of esters is 2. The van der Waals surface area contributed by atoms with Gasteiger partial charge in [0.15, 0.2) is 11.4 Å². The highest BCUT2D eigenvalue weighted by Crippen LogP contribution is 2.37. The van der Waals surface area contributed by atoms with Gasteiger partial charge in [0.05, 0.1) is 11.0 Å². The Labute approximate surface area is 154 Å². The van der Waals surface area contributed by atoms with Gasteiger partial charge in [0.2, 0.25) is 5.75 Å². The monoisotopic (exact) mass is 363 g/mol. The summed E-state index contributed by atoms with van der Waals surface area (Å²) in [6.45, 7) is 4.57. The SMILES string of the molecule is CC(=O)Oc1ccc2nc3c(nc2c1OC(C)=O)c1cc(C)ccc1n3C. The first-order chi connectivity index (χ1) is 12.8. The molecule has 2 aromatic carbocycles. The Morgan fingerprint density at radius 1 is 0.963 bits per heavy atom. The molecule has 0 atom stereocenters. The molecule has 2 aromatic heterocycles. The van der Waals surface area contributed by atoms with Gasteiger partial charge in [0.25, 0.3) is 0 Å². The van der Waals surface area contributed by atoms with E-state index in [-0.39, 0.29) is 11.5 Å². The minimum Gasteiger partial charge on any atom is -0.423 e. The number of hydrogen-bond donors (Lipinski definition) is 0. The predicted molar refractivity (Wildman–Crippen MR) is 101 cm³/mol. The molecule has 27 heavy (non-hydrogen) atoms. The van der Waals surface area contributed by atoms with Crippen molar-refractivity contribution in [3.63, 3.8) is 0 Å². The number of fused-ring (bicyclic) bond motifs is 4. The maximum absolute atomic E-state index is 11.6. The predicted octanol–water partition coefficient (Wildman–Crippen LogP) is 3.43. The topological polar surface area (TPSA) is 83.3 Å². The largest absolute Gasteiger partial charge is 0.423 e. The zero-order valence-corrected chi connectivity index (χ0v) is 15.4. The lowest BCUT2D eigenvalue weighted by atomic mass is 10.1. The van der Waals surface area contributed by atoms with E-state index in [9.17, 15) is 9.59 Å². The second kappa shape index (κ2) is 6.05. The molecule has 0 N–H and O–H groups in total. The quantitative estimate of drug-likeness (QED) is 0.401. The molecular weight excluding hydrogens is 346 g/mol. The summed E-state index contributed by atoms with van der Waals surface area (Å²) < 4.78 is 12.5. The molecule has 4 rings (SSSR count). The molecule has 0 bridgehead atoms. The lowest BCUT2D eigenvalue weighted by molar-refractivity contribution is -0.134. The fourth-order valence-corrected chi connectivity index (χ4v) is 3.21. The van der Waals surface area contributed by atoms with Gasteiger partial charge in [0.1, 0.15) is 11.0 Å². The van der Waals surface area contributed by atoms with Crippen LogP contribution in [0.2, 0.25) is 0 Å². The number of aromatic nitrogens is 3. The molecule has 0 aliphatic carbocycles. The van der Waals surface area contributed by atoms with E-state index in [1.54, 1.807) is 12.1 Å². The molecule has 0 aliphatic rings. The highest BCUT2D eigenvalue weighted by Gasteiger charge is 2.19. The summed E-state index contributed by atoms with van der Waals surface area (Å²) >= 11 is 0. The molecule has 136 valence electrons. The molecule has 0 aliphatic heterocycles. The van der Waals surface area contributed by atoms with Crippen LogP contribution in [-0.2, 0) is 16.6 Å². The highest BCUT2D eigenvalue weighted by molar-refractivity contribution is 6.07. The molecule has 4 aromatic rings. The first kappa shape index (κ1) is 17.0. The van der Waals surface area contributed by atoms with E-state index in [0.717, 1.165) is 22.1 Å². The molecule has 0 saturated heterocycles. The van der Waals surface area contributed by atoms with E-state index in [1.165, 1.54) is 13.8 Å². The summed E-state index contributed by atoms with van der Waals surface area (Å²) in [5.74, 6) is -0.825. The van der Waals surface area contributed by atoms with E-state index >= 15 is 0 Å². The number of nitrogens with zero attached hydrogens (tertiary/aromatic N) is 3. The Morgan fingerprint density at radius 3 is 2.41 bits per heavy atom. The Morgan fingerprint density at radius 2 is 1.70 bits per heavy atom. The average molecular weight is 363 g/mol. The van der Waals surface area contributed by atoms with Gasteiger partial charge in [-0.1, -0.05) is 11.6 Å². The fraction of sp³-hybridized carbons (Fsp3) is 0.200. The zero-order chi connectivity index (χ0) is 19.3. The smallest absolute Gasteiger partial charge is 0.308 e. The van der Waals surface area contributed by atoms with Crippen LogP contribution in [0, 0.1) is 6.92 Å². The van der Waals surface area contributed by atoms with Crippen molar-refractivity contribution in [2.45, 2.75) is 20.8 Å². The van der Waals surface area contributed by atoms with Crippen molar-refractivity contribution in [1.82, 2.24) is 14.5 Å². The summed E-state index contributed by atoms with van der Waals surface area (Å²) in [4.78, 5) is 32.5. The van der Waals surface area contributed by atoms with Crippen molar-refractivity contribution in [2.24, 2.45) is 7.05 Å². The van der Waals surface area contributed by atoms with E-state index in [2.05, 4.69) is 0 Å². The number of carbonyl (C=O) groups excluding carboxylic acids is 2. The van der Waals surface area contributed by atoms with Crippen molar-refractivity contribution in [2.75, 3.05) is 0 Å². The van der Waals surface area contributed by atoms with Gasteiger partial charge in [-0.25, -0.2) is 9.97 Å². The normalized spacial score (nSPS) is 11.3. The van der Waals surface area contributed by atoms with Crippen LogP contribution in [0.3, 0.4) is 0 Å². The van der Waals surface area contributed by atoms with Crippen molar-refractivity contribution in [3.05, 3.63) is 35.9 Å². The lowest BCUT2D eigenvalue weighted by Gasteiger charge is -2.11. The fourth-order valence-electron chi connectivity index (χ4n) is 3.21. The molecular formula is C20H17N3O4. The standard InChI is InChI=1S/C20H17N3O4/c1-10-5-7-15-13(9-10)17-20(23(15)4)21-14-6-8-16(26-11(2)24)19(18(14)22-17)27-12(3)25/h5-9H,1-4H3. The van der Waals surface area contributed by atoms with Crippen molar-refractivity contribution >= 4 is 45.0 Å². The third-order valence-electron chi connectivity index (χ3n) is 4.32. The number of hydrogen-bond acceptors (Lipinski definition) is 6. The molecule has 0 amide bonds. The third-order valence-corrected chi connectivity index (χ3v) is 4.32. The van der Waals surface area contributed by atoms with Crippen molar-refractivity contribution in [1.29, 1.82) is 0 Å². The van der Waals surface area contributed by atoms with Gasteiger partial charge in [-0.3, -0.25) is 9.59 Å². The molecule has 0 fully saturated rings. The number of carbonyl (C=O) groups is 2. The van der Waals surface area contributed by atoms with Crippen LogP contribution in [0.1, 0.15) is 19.4 Å². The Hall–Kier alpha value is -3.48. The summed E-state index contributed by atoms with van der Waals surface area (Å²) in [5.41, 5.74) is 4.42. The molecule has 0 unspecified atom stereocenters. The Kier molecular flexibility index (Phi) is 3.80. The minimum atomic E-state index is -0.536. The molecule has 2 heterocycles.